The van der Waals surface area contributed by atoms with Crippen molar-refractivity contribution in [3.63, 3.8) is 0 Å². The number of aliphatic hydroxyl groups is 1. The topological polar surface area (TPSA) is 61.8 Å². The van der Waals surface area contributed by atoms with Crippen LogP contribution in [0.5, 0.6) is 0 Å². The van der Waals surface area contributed by atoms with E-state index in [1.807, 2.05) is 4.90 Å². The molecule has 0 bridgehead atoms. The van der Waals surface area contributed by atoms with Crippen LogP contribution in [0.2, 0.25) is 0 Å². The number of nitrogens with one attached hydrogen (secondary N) is 1. The van der Waals surface area contributed by atoms with Crippen LogP contribution in [0.4, 0.5) is 0 Å². The highest BCUT2D eigenvalue weighted by atomic mass is 16.5. The maximum Gasteiger partial charge on any atom is 0.236 e. The highest BCUT2D eigenvalue weighted by Crippen LogP contribution is 2.06. The summed E-state index contributed by atoms with van der Waals surface area (Å²) in [4.78, 5) is 13.5. The molecule has 0 radical (unpaired) electrons. The van der Waals surface area contributed by atoms with E-state index in [0.717, 1.165) is 38.9 Å². The smallest absolute Gasteiger partial charge is 0.236 e. The lowest BCUT2D eigenvalue weighted by atomic mass is 10.4. The molecule has 5 heteroatoms. The molecular weight excluding hydrogens is 208 g/mol. The van der Waals surface area contributed by atoms with Crippen molar-refractivity contribution in [2.75, 3.05) is 46.0 Å². The Bertz CT molecular complexity index is 194. The fraction of sp³-hybridized carbons (Fsp3) is 0.909. The summed E-state index contributed by atoms with van der Waals surface area (Å²) in [6.07, 6.45) is 3.15. The highest BCUT2D eigenvalue weighted by molar-refractivity contribution is 5.78. The number of likely N-dealkylation sites (tertiary alicyclic amines) is 1. The largest absolute Gasteiger partial charge is 0.394 e. The Morgan fingerprint density at radius 2 is 2.06 bits per heavy atom. The van der Waals surface area contributed by atoms with Gasteiger partial charge in [-0.1, -0.05) is 0 Å². The predicted molar refractivity (Wildman–Crippen MR) is 61.2 cm³/mol. The van der Waals surface area contributed by atoms with Gasteiger partial charge in [-0.25, -0.2) is 0 Å². The van der Waals surface area contributed by atoms with Gasteiger partial charge >= 0.3 is 0 Å². The summed E-state index contributed by atoms with van der Waals surface area (Å²) in [7, 11) is 0. The van der Waals surface area contributed by atoms with Crippen molar-refractivity contribution in [3.8, 4) is 0 Å². The van der Waals surface area contributed by atoms with E-state index in [1.54, 1.807) is 0 Å². The molecular formula is C11H22N2O3. The Morgan fingerprint density at radius 1 is 1.31 bits per heavy atom. The zero-order valence-corrected chi connectivity index (χ0v) is 9.78. The van der Waals surface area contributed by atoms with Gasteiger partial charge in [0.25, 0.3) is 0 Å². The quantitative estimate of drug-likeness (QED) is 0.557. The molecule has 0 spiro atoms. The molecule has 1 heterocycles. The minimum atomic E-state index is 0.0703. The normalized spacial score (nSPS) is 15.7. The average molecular weight is 230 g/mol. The van der Waals surface area contributed by atoms with Crippen LogP contribution in [0.25, 0.3) is 0 Å². The molecule has 0 aromatic rings. The molecule has 1 amide bonds. The van der Waals surface area contributed by atoms with Crippen molar-refractivity contribution >= 4 is 5.91 Å². The van der Waals surface area contributed by atoms with Gasteiger partial charge in [-0.15, -0.1) is 0 Å². The third kappa shape index (κ3) is 5.44. The zero-order chi connectivity index (χ0) is 11.6. The van der Waals surface area contributed by atoms with Crippen LogP contribution >= 0.6 is 0 Å². The number of aliphatic hydroxyl groups excluding tert-OH is 1. The van der Waals surface area contributed by atoms with E-state index in [2.05, 4.69) is 5.32 Å². The second-order valence-electron chi connectivity index (χ2n) is 3.95. The average Bonchev–Trinajstić information content (AvgIpc) is 2.81. The summed E-state index contributed by atoms with van der Waals surface area (Å²) in [6, 6.07) is 0. The first-order chi connectivity index (χ1) is 7.84. The minimum Gasteiger partial charge on any atom is -0.394 e. The fourth-order valence-electron chi connectivity index (χ4n) is 1.74. The molecule has 0 unspecified atom stereocenters. The first-order valence-electron chi connectivity index (χ1n) is 6.01. The van der Waals surface area contributed by atoms with Crippen molar-refractivity contribution in [3.05, 3.63) is 0 Å². The predicted octanol–water partition coefficient (Wildman–Crippen LogP) is -0.403. The maximum absolute atomic E-state index is 11.6. The SMILES string of the molecule is O=C(CNCCCOCCO)N1CCCC1. The van der Waals surface area contributed by atoms with E-state index in [4.69, 9.17) is 9.84 Å². The maximum atomic E-state index is 11.6. The molecule has 0 aromatic carbocycles. The number of carbonyl (C=O) groups excluding carboxylic acids is 1. The van der Waals surface area contributed by atoms with Gasteiger partial charge in [-0.3, -0.25) is 4.79 Å². The van der Waals surface area contributed by atoms with Gasteiger partial charge in [0.2, 0.25) is 5.91 Å². The monoisotopic (exact) mass is 230 g/mol. The van der Waals surface area contributed by atoms with Gasteiger partial charge in [0, 0.05) is 19.7 Å². The van der Waals surface area contributed by atoms with Gasteiger partial charge in [-0.05, 0) is 25.8 Å². The van der Waals surface area contributed by atoms with Crippen LogP contribution in [0, 0.1) is 0 Å². The summed E-state index contributed by atoms with van der Waals surface area (Å²) in [6.45, 7) is 4.14. The molecule has 1 aliphatic rings. The van der Waals surface area contributed by atoms with E-state index in [-0.39, 0.29) is 12.5 Å². The summed E-state index contributed by atoms with van der Waals surface area (Å²) >= 11 is 0. The molecule has 1 rings (SSSR count). The zero-order valence-electron chi connectivity index (χ0n) is 9.78. The second-order valence-corrected chi connectivity index (χ2v) is 3.95. The fourth-order valence-corrected chi connectivity index (χ4v) is 1.74. The van der Waals surface area contributed by atoms with E-state index in [1.165, 1.54) is 0 Å². The van der Waals surface area contributed by atoms with Crippen LogP contribution in [-0.4, -0.2) is 61.9 Å². The summed E-state index contributed by atoms with van der Waals surface area (Å²) < 4.78 is 5.10. The van der Waals surface area contributed by atoms with Gasteiger partial charge in [0.1, 0.15) is 0 Å². The lowest BCUT2D eigenvalue weighted by molar-refractivity contribution is -0.129. The van der Waals surface area contributed by atoms with Gasteiger partial charge in [0.15, 0.2) is 0 Å². The van der Waals surface area contributed by atoms with Crippen LogP contribution < -0.4 is 5.32 Å². The summed E-state index contributed by atoms with van der Waals surface area (Å²) in [5.41, 5.74) is 0. The van der Waals surface area contributed by atoms with Crippen LogP contribution in [0.1, 0.15) is 19.3 Å². The van der Waals surface area contributed by atoms with Crippen molar-refractivity contribution in [2.24, 2.45) is 0 Å². The molecule has 1 fully saturated rings. The van der Waals surface area contributed by atoms with Crippen LogP contribution in [0.15, 0.2) is 0 Å². The van der Waals surface area contributed by atoms with Gasteiger partial charge in [-0.2, -0.15) is 0 Å². The molecule has 0 aromatic heterocycles. The van der Waals surface area contributed by atoms with E-state index >= 15 is 0 Å². The summed E-state index contributed by atoms with van der Waals surface area (Å²) in [5, 5.41) is 11.6. The van der Waals surface area contributed by atoms with Gasteiger partial charge in [0.05, 0.1) is 19.8 Å². The molecule has 5 nitrogen and oxygen atoms in total. The van der Waals surface area contributed by atoms with E-state index < -0.39 is 0 Å². The Kier molecular flexibility index (Phi) is 7.12. The molecule has 0 atom stereocenters. The number of ether oxygens (including phenoxy) is 1. The first-order valence-corrected chi connectivity index (χ1v) is 6.01. The highest BCUT2D eigenvalue weighted by Gasteiger charge is 2.16. The minimum absolute atomic E-state index is 0.0703. The molecule has 94 valence electrons. The Hall–Kier alpha value is -0.650. The molecule has 16 heavy (non-hydrogen) atoms. The third-order valence-electron chi connectivity index (χ3n) is 2.61. The van der Waals surface area contributed by atoms with Crippen molar-refractivity contribution in [2.45, 2.75) is 19.3 Å². The Morgan fingerprint density at radius 3 is 2.75 bits per heavy atom. The Labute approximate surface area is 96.8 Å². The van der Waals surface area contributed by atoms with Crippen molar-refractivity contribution in [1.82, 2.24) is 10.2 Å². The molecule has 1 aliphatic heterocycles. The molecule has 0 saturated carbocycles. The van der Waals surface area contributed by atoms with E-state index in [9.17, 15) is 4.79 Å². The van der Waals surface area contributed by atoms with Crippen LogP contribution in [-0.2, 0) is 9.53 Å². The Balaban J connectivity index is 1.88. The lowest BCUT2D eigenvalue weighted by Crippen LogP contribution is -2.36. The first kappa shape index (κ1) is 13.4. The van der Waals surface area contributed by atoms with E-state index in [0.29, 0.717) is 19.8 Å². The molecule has 2 N–H and O–H groups in total. The molecule has 1 saturated heterocycles. The number of amides is 1. The number of nitrogens with zero attached hydrogens (tertiary/aromatic N) is 1. The van der Waals surface area contributed by atoms with Crippen molar-refractivity contribution < 1.29 is 14.6 Å². The summed E-state index contributed by atoms with van der Waals surface area (Å²) in [5.74, 6) is 0.203. The van der Waals surface area contributed by atoms with Crippen molar-refractivity contribution in [1.29, 1.82) is 0 Å². The number of hydrogen-bond acceptors (Lipinski definition) is 4. The number of carbonyl (C=O) groups is 1. The van der Waals surface area contributed by atoms with Gasteiger partial charge < -0.3 is 20.1 Å². The van der Waals surface area contributed by atoms with Crippen LogP contribution in [0.3, 0.4) is 0 Å². The number of rotatable bonds is 8. The number of hydrogen-bond donors (Lipinski definition) is 2. The lowest BCUT2D eigenvalue weighted by Gasteiger charge is -2.15. The third-order valence-corrected chi connectivity index (χ3v) is 2.61. The molecule has 0 aliphatic carbocycles. The standard InChI is InChI=1S/C11H22N2O3/c14-7-9-16-8-3-4-12-10-11(15)13-5-1-2-6-13/h12,14H,1-10H2. The second kappa shape index (κ2) is 8.50.